The van der Waals surface area contributed by atoms with Crippen molar-refractivity contribution in [2.75, 3.05) is 0 Å². The molecule has 0 amide bonds. The van der Waals surface area contributed by atoms with Crippen molar-refractivity contribution in [2.24, 2.45) is 0 Å². The van der Waals surface area contributed by atoms with E-state index in [9.17, 15) is 4.79 Å². The number of nitrogens with zero attached hydrogens (tertiary/aromatic N) is 1. The Labute approximate surface area is 102 Å². The summed E-state index contributed by atoms with van der Waals surface area (Å²) in [6.45, 7) is 3.96. The molecule has 0 aliphatic carbocycles. The minimum Gasteiger partial charge on any atom is -0.477 e. The van der Waals surface area contributed by atoms with E-state index < -0.39 is 5.97 Å². The van der Waals surface area contributed by atoms with Gasteiger partial charge in [-0.3, -0.25) is 0 Å². The van der Waals surface area contributed by atoms with E-state index in [0.29, 0.717) is 5.69 Å². The molecule has 0 radical (unpaired) electrons. The number of hydrogen-bond acceptors (Lipinski definition) is 1. The Morgan fingerprint density at radius 3 is 2.62 bits per heavy atom. The molecule has 0 aliphatic heterocycles. The highest BCUT2D eigenvalue weighted by Gasteiger charge is 2.16. The molecule has 0 saturated heterocycles. The highest BCUT2D eigenvalue weighted by atomic mass is 79.9. The van der Waals surface area contributed by atoms with Crippen molar-refractivity contribution < 1.29 is 9.90 Å². The van der Waals surface area contributed by atoms with E-state index in [4.69, 9.17) is 5.11 Å². The van der Waals surface area contributed by atoms with E-state index in [1.807, 2.05) is 36.6 Å². The van der Waals surface area contributed by atoms with Crippen LogP contribution in [-0.4, -0.2) is 15.6 Å². The van der Waals surface area contributed by atoms with Gasteiger partial charge >= 0.3 is 5.97 Å². The molecular formula is C12H12BrNO2. The molecule has 0 aliphatic rings. The van der Waals surface area contributed by atoms with Crippen molar-refractivity contribution in [1.82, 2.24) is 4.57 Å². The van der Waals surface area contributed by atoms with E-state index >= 15 is 0 Å². The first kappa shape index (κ1) is 11.2. The third-order valence-corrected chi connectivity index (χ3v) is 3.03. The molecule has 0 unspecified atom stereocenters. The first-order valence-corrected chi connectivity index (χ1v) is 5.84. The molecule has 2 rings (SSSR count). The highest BCUT2D eigenvalue weighted by molar-refractivity contribution is 9.10. The molecule has 0 atom stereocenters. The fourth-order valence-electron chi connectivity index (χ4n) is 1.93. The van der Waals surface area contributed by atoms with Gasteiger partial charge in [0.1, 0.15) is 5.69 Å². The molecule has 0 saturated carbocycles. The van der Waals surface area contributed by atoms with Gasteiger partial charge in [-0.1, -0.05) is 15.9 Å². The van der Waals surface area contributed by atoms with Crippen LogP contribution >= 0.6 is 15.9 Å². The number of carboxylic acids is 1. The molecule has 0 fully saturated rings. The lowest BCUT2D eigenvalue weighted by Gasteiger charge is -2.12. The van der Waals surface area contributed by atoms with Gasteiger partial charge in [0.05, 0.1) is 0 Å². The second kappa shape index (κ2) is 3.94. The zero-order chi connectivity index (χ0) is 11.9. The molecule has 1 aromatic heterocycles. The third kappa shape index (κ3) is 1.73. The number of halogens is 1. The molecule has 0 spiro atoms. The SMILES string of the molecule is CC(C)n1c(C(=O)O)cc2cc(Br)ccc21. The minimum atomic E-state index is -0.888. The van der Waals surface area contributed by atoms with Crippen molar-refractivity contribution in [3.8, 4) is 0 Å². The molecule has 16 heavy (non-hydrogen) atoms. The van der Waals surface area contributed by atoms with Crippen LogP contribution in [0.25, 0.3) is 10.9 Å². The summed E-state index contributed by atoms with van der Waals surface area (Å²) in [6.07, 6.45) is 0. The van der Waals surface area contributed by atoms with Crippen LogP contribution in [0, 0.1) is 0 Å². The number of fused-ring (bicyclic) bond motifs is 1. The Morgan fingerprint density at radius 1 is 1.38 bits per heavy atom. The van der Waals surface area contributed by atoms with Gasteiger partial charge in [0.15, 0.2) is 0 Å². The van der Waals surface area contributed by atoms with Crippen LogP contribution in [0.2, 0.25) is 0 Å². The lowest BCUT2D eigenvalue weighted by Crippen LogP contribution is -2.10. The Hall–Kier alpha value is -1.29. The number of hydrogen-bond donors (Lipinski definition) is 1. The number of rotatable bonds is 2. The van der Waals surface area contributed by atoms with E-state index in [-0.39, 0.29) is 6.04 Å². The summed E-state index contributed by atoms with van der Waals surface area (Å²) in [5.74, 6) is -0.888. The zero-order valence-electron chi connectivity index (χ0n) is 9.07. The normalized spacial score (nSPS) is 11.2. The van der Waals surface area contributed by atoms with Crippen LogP contribution in [0.5, 0.6) is 0 Å². The van der Waals surface area contributed by atoms with Gasteiger partial charge in [-0.15, -0.1) is 0 Å². The predicted octanol–water partition coefficient (Wildman–Crippen LogP) is 3.68. The first-order chi connectivity index (χ1) is 7.50. The molecule has 4 heteroatoms. The van der Waals surface area contributed by atoms with Gasteiger partial charge in [-0.25, -0.2) is 4.79 Å². The standard InChI is InChI=1S/C12H12BrNO2/c1-7(2)14-10-4-3-9(13)5-8(10)6-11(14)12(15)16/h3-7H,1-2H3,(H,15,16). The second-order valence-electron chi connectivity index (χ2n) is 4.00. The van der Waals surface area contributed by atoms with E-state index in [2.05, 4.69) is 15.9 Å². The van der Waals surface area contributed by atoms with Crippen LogP contribution in [0.1, 0.15) is 30.4 Å². The van der Waals surface area contributed by atoms with Crippen molar-refractivity contribution in [2.45, 2.75) is 19.9 Å². The minimum absolute atomic E-state index is 0.129. The van der Waals surface area contributed by atoms with Gasteiger partial charge in [-0.05, 0) is 38.1 Å². The molecule has 1 heterocycles. The molecule has 1 aromatic carbocycles. The number of carboxylic acid groups (broad SMARTS) is 1. The van der Waals surface area contributed by atoms with E-state index in [1.54, 1.807) is 6.07 Å². The lowest BCUT2D eigenvalue weighted by atomic mass is 10.2. The molecule has 1 N–H and O–H groups in total. The Bertz CT molecular complexity index is 557. The molecule has 84 valence electrons. The molecule has 3 nitrogen and oxygen atoms in total. The zero-order valence-corrected chi connectivity index (χ0v) is 10.7. The summed E-state index contributed by atoms with van der Waals surface area (Å²) >= 11 is 3.38. The Morgan fingerprint density at radius 2 is 2.06 bits per heavy atom. The maximum absolute atomic E-state index is 11.1. The number of benzene rings is 1. The van der Waals surface area contributed by atoms with Gasteiger partial charge in [0.2, 0.25) is 0 Å². The summed E-state index contributed by atoms with van der Waals surface area (Å²) < 4.78 is 2.79. The van der Waals surface area contributed by atoms with Crippen LogP contribution in [-0.2, 0) is 0 Å². The Balaban J connectivity index is 2.81. The fraction of sp³-hybridized carbons (Fsp3) is 0.250. The van der Waals surface area contributed by atoms with E-state index in [1.165, 1.54) is 0 Å². The molecule has 0 bridgehead atoms. The third-order valence-electron chi connectivity index (χ3n) is 2.54. The lowest BCUT2D eigenvalue weighted by molar-refractivity contribution is 0.0684. The largest absolute Gasteiger partial charge is 0.477 e. The van der Waals surface area contributed by atoms with Gasteiger partial charge in [0.25, 0.3) is 0 Å². The molecule has 2 aromatic rings. The fourth-order valence-corrected chi connectivity index (χ4v) is 2.31. The monoisotopic (exact) mass is 281 g/mol. The first-order valence-electron chi connectivity index (χ1n) is 5.04. The average Bonchev–Trinajstić information content (AvgIpc) is 2.55. The summed E-state index contributed by atoms with van der Waals surface area (Å²) in [5.41, 5.74) is 1.29. The smallest absolute Gasteiger partial charge is 0.352 e. The number of aromatic carboxylic acids is 1. The van der Waals surface area contributed by atoms with Crippen molar-refractivity contribution in [1.29, 1.82) is 0 Å². The van der Waals surface area contributed by atoms with Gasteiger partial charge < -0.3 is 9.67 Å². The quantitative estimate of drug-likeness (QED) is 0.912. The number of aromatic nitrogens is 1. The summed E-state index contributed by atoms with van der Waals surface area (Å²) in [6, 6.07) is 7.63. The summed E-state index contributed by atoms with van der Waals surface area (Å²) in [7, 11) is 0. The van der Waals surface area contributed by atoms with E-state index in [0.717, 1.165) is 15.4 Å². The predicted molar refractivity (Wildman–Crippen MR) is 67.0 cm³/mol. The average molecular weight is 282 g/mol. The maximum atomic E-state index is 11.1. The van der Waals surface area contributed by atoms with Crippen LogP contribution in [0.15, 0.2) is 28.7 Å². The topological polar surface area (TPSA) is 42.2 Å². The Kier molecular flexibility index (Phi) is 2.76. The summed E-state index contributed by atoms with van der Waals surface area (Å²) in [5, 5.41) is 10.1. The van der Waals surface area contributed by atoms with Crippen LogP contribution in [0.4, 0.5) is 0 Å². The van der Waals surface area contributed by atoms with Crippen LogP contribution in [0.3, 0.4) is 0 Å². The second-order valence-corrected chi connectivity index (χ2v) is 4.92. The maximum Gasteiger partial charge on any atom is 0.352 e. The number of carbonyl (C=O) groups is 1. The van der Waals surface area contributed by atoms with Crippen molar-refractivity contribution in [3.05, 3.63) is 34.4 Å². The molecular weight excluding hydrogens is 270 g/mol. The van der Waals surface area contributed by atoms with Gasteiger partial charge in [0, 0.05) is 21.4 Å². The van der Waals surface area contributed by atoms with Gasteiger partial charge in [-0.2, -0.15) is 0 Å². The summed E-state index contributed by atoms with van der Waals surface area (Å²) in [4.78, 5) is 11.1. The van der Waals surface area contributed by atoms with Crippen molar-refractivity contribution in [3.63, 3.8) is 0 Å². The van der Waals surface area contributed by atoms with Crippen LogP contribution < -0.4 is 0 Å². The highest BCUT2D eigenvalue weighted by Crippen LogP contribution is 2.26. The van der Waals surface area contributed by atoms with Crippen molar-refractivity contribution >= 4 is 32.8 Å².